The van der Waals surface area contributed by atoms with Crippen LogP contribution in [0.15, 0.2) is 200 Å². The van der Waals surface area contributed by atoms with Crippen LogP contribution < -0.4 is 0 Å². The Bertz CT molecular complexity index is 3470. The van der Waals surface area contributed by atoms with Crippen LogP contribution in [0.1, 0.15) is 0 Å². The van der Waals surface area contributed by atoms with Gasteiger partial charge in [0.05, 0.1) is 11.0 Å². The van der Waals surface area contributed by atoms with Gasteiger partial charge in [-0.2, -0.15) is 0 Å². The van der Waals surface area contributed by atoms with Crippen LogP contribution in [0.3, 0.4) is 0 Å². The molecule has 12 aromatic rings. The number of benzene rings is 9. The van der Waals surface area contributed by atoms with Crippen LogP contribution in [-0.4, -0.2) is 4.57 Å². The van der Waals surface area contributed by atoms with E-state index in [9.17, 15) is 0 Å². The lowest BCUT2D eigenvalue weighted by Gasteiger charge is -2.08. The number of para-hydroxylation sites is 1. The van der Waals surface area contributed by atoms with Crippen molar-refractivity contribution in [2.24, 2.45) is 0 Å². The maximum absolute atomic E-state index is 2.46. The fraction of sp³-hybridized carbons (Fsp3) is 0. The van der Waals surface area contributed by atoms with E-state index in [0.29, 0.717) is 0 Å². The van der Waals surface area contributed by atoms with E-state index < -0.39 is 0 Å². The third-order valence-electron chi connectivity index (χ3n) is 11.7. The van der Waals surface area contributed by atoms with E-state index in [-0.39, 0.29) is 0 Å². The Hall–Kier alpha value is -6.78. The molecular weight excluding hydrogens is 727 g/mol. The molecule has 12 rings (SSSR count). The quantitative estimate of drug-likeness (QED) is 0.165. The fourth-order valence-corrected chi connectivity index (χ4v) is 11.2. The zero-order valence-electron chi connectivity index (χ0n) is 30.8. The van der Waals surface area contributed by atoms with E-state index >= 15 is 0 Å². The van der Waals surface area contributed by atoms with Gasteiger partial charge in [0, 0.05) is 56.8 Å². The van der Waals surface area contributed by atoms with Crippen molar-refractivity contribution in [2.75, 3.05) is 0 Å². The normalized spacial score (nSPS) is 11.9. The van der Waals surface area contributed by atoms with Crippen LogP contribution in [0.2, 0.25) is 0 Å². The van der Waals surface area contributed by atoms with Crippen molar-refractivity contribution in [3.05, 3.63) is 200 Å². The molecule has 0 aliphatic heterocycles. The maximum atomic E-state index is 2.46. The molecule has 0 unspecified atom stereocenters. The van der Waals surface area contributed by atoms with Crippen molar-refractivity contribution in [1.82, 2.24) is 4.57 Å². The first-order valence-electron chi connectivity index (χ1n) is 19.4. The van der Waals surface area contributed by atoms with E-state index in [1.807, 2.05) is 22.7 Å². The molecule has 3 heterocycles. The number of aromatic nitrogens is 1. The van der Waals surface area contributed by atoms with Gasteiger partial charge in [-0.25, -0.2) is 0 Å². The molecule has 266 valence electrons. The number of thiophene rings is 2. The van der Waals surface area contributed by atoms with Crippen molar-refractivity contribution < 1.29 is 0 Å². The van der Waals surface area contributed by atoms with Crippen molar-refractivity contribution in [1.29, 1.82) is 0 Å². The van der Waals surface area contributed by atoms with Crippen LogP contribution in [0, 0.1) is 0 Å². The van der Waals surface area contributed by atoms with E-state index in [1.165, 1.54) is 112 Å². The lowest BCUT2D eigenvalue weighted by molar-refractivity contribution is 1.19. The standard InChI is InChI=1S/C54H33NS2/c1-2-8-34(9-3-1)35-14-16-36(17-15-35)37-18-20-38(21-19-37)39-22-24-40(25-23-39)41-26-28-44-45-29-27-42(33-52(45)56-51(44)32-41)55-48-12-6-4-11-47(48)53-49(55)31-30-46-43-10-5-7-13-50(43)57-54(46)53/h1-33H. The van der Waals surface area contributed by atoms with Crippen molar-refractivity contribution in [2.45, 2.75) is 0 Å². The smallest absolute Gasteiger partial charge is 0.0555 e. The van der Waals surface area contributed by atoms with Gasteiger partial charge in [-0.1, -0.05) is 164 Å². The van der Waals surface area contributed by atoms with E-state index in [2.05, 4.69) is 205 Å². The fourth-order valence-electron chi connectivity index (χ4n) is 8.79. The molecule has 0 amide bonds. The molecule has 0 aliphatic rings. The first-order chi connectivity index (χ1) is 28.2. The highest BCUT2D eigenvalue weighted by molar-refractivity contribution is 7.27. The lowest BCUT2D eigenvalue weighted by atomic mass is 9.97. The van der Waals surface area contributed by atoms with Gasteiger partial charge in [0.25, 0.3) is 0 Å². The Balaban J connectivity index is 0.853. The third-order valence-corrected chi connectivity index (χ3v) is 14.0. The SMILES string of the molecule is c1ccc(-c2ccc(-c3ccc(-c4ccc(-c5ccc6c(c5)sc5cc(-n7c8ccccc8c8c9sc%10ccccc%10c9ccc87)ccc56)cc4)cc3)cc2)cc1. The second kappa shape index (κ2) is 12.9. The monoisotopic (exact) mass is 759 g/mol. The second-order valence-corrected chi connectivity index (χ2v) is 17.0. The molecular formula is C54H33NS2. The summed E-state index contributed by atoms with van der Waals surface area (Å²) in [6, 6.07) is 73.6. The highest BCUT2D eigenvalue weighted by Crippen LogP contribution is 2.44. The minimum absolute atomic E-state index is 1.20. The van der Waals surface area contributed by atoms with Crippen LogP contribution in [0.5, 0.6) is 0 Å². The largest absolute Gasteiger partial charge is 0.309 e. The third kappa shape index (κ3) is 5.28. The molecule has 3 heteroatoms. The number of hydrogen-bond donors (Lipinski definition) is 0. The maximum Gasteiger partial charge on any atom is 0.0555 e. The highest BCUT2D eigenvalue weighted by atomic mass is 32.1. The molecule has 0 saturated heterocycles. The van der Waals surface area contributed by atoms with Gasteiger partial charge in [-0.3, -0.25) is 0 Å². The summed E-state index contributed by atoms with van der Waals surface area (Å²) in [6.07, 6.45) is 0. The Labute approximate surface area is 338 Å². The molecule has 0 saturated carbocycles. The Morgan fingerprint density at radius 2 is 0.754 bits per heavy atom. The van der Waals surface area contributed by atoms with Crippen LogP contribution in [0.25, 0.3) is 112 Å². The number of rotatable bonds is 5. The molecule has 0 spiro atoms. The molecule has 3 aromatic heterocycles. The summed E-state index contributed by atoms with van der Waals surface area (Å²) in [5.74, 6) is 0. The summed E-state index contributed by atoms with van der Waals surface area (Å²) in [5, 5.41) is 7.95. The highest BCUT2D eigenvalue weighted by Gasteiger charge is 2.18. The summed E-state index contributed by atoms with van der Waals surface area (Å²) in [4.78, 5) is 0. The van der Waals surface area contributed by atoms with Crippen LogP contribution in [-0.2, 0) is 0 Å². The van der Waals surface area contributed by atoms with E-state index in [1.54, 1.807) is 0 Å². The number of nitrogens with zero attached hydrogens (tertiary/aromatic N) is 1. The average Bonchev–Trinajstić information content (AvgIpc) is 3.96. The zero-order chi connectivity index (χ0) is 37.5. The molecule has 0 atom stereocenters. The van der Waals surface area contributed by atoms with Crippen LogP contribution in [0.4, 0.5) is 0 Å². The minimum atomic E-state index is 1.20. The Kier molecular flexibility index (Phi) is 7.34. The van der Waals surface area contributed by atoms with Gasteiger partial charge in [0.1, 0.15) is 0 Å². The van der Waals surface area contributed by atoms with Gasteiger partial charge in [0.2, 0.25) is 0 Å². The minimum Gasteiger partial charge on any atom is -0.309 e. The predicted octanol–water partition coefficient (Wildman–Crippen LogP) is 16.2. The van der Waals surface area contributed by atoms with E-state index in [0.717, 1.165) is 0 Å². The molecule has 1 nitrogen and oxygen atoms in total. The van der Waals surface area contributed by atoms with Gasteiger partial charge >= 0.3 is 0 Å². The molecule has 0 bridgehead atoms. The van der Waals surface area contributed by atoms with Crippen molar-refractivity contribution in [3.63, 3.8) is 0 Å². The topological polar surface area (TPSA) is 4.93 Å². The van der Waals surface area contributed by atoms with Gasteiger partial charge < -0.3 is 4.57 Å². The first-order valence-corrected chi connectivity index (χ1v) is 21.0. The number of hydrogen-bond acceptors (Lipinski definition) is 2. The molecule has 0 radical (unpaired) electrons. The molecule has 0 aliphatic carbocycles. The second-order valence-electron chi connectivity index (χ2n) is 14.9. The van der Waals surface area contributed by atoms with Gasteiger partial charge in [-0.15, -0.1) is 22.7 Å². The summed E-state index contributed by atoms with van der Waals surface area (Å²) < 4.78 is 7.78. The van der Waals surface area contributed by atoms with Crippen molar-refractivity contribution >= 4 is 84.8 Å². The lowest BCUT2D eigenvalue weighted by Crippen LogP contribution is -1.93. The first kappa shape index (κ1) is 32.5. The Morgan fingerprint density at radius 1 is 0.281 bits per heavy atom. The summed E-state index contributed by atoms with van der Waals surface area (Å²) >= 11 is 3.79. The molecule has 9 aromatic carbocycles. The summed E-state index contributed by atoms with van der Waals surface area (Å²) in [5.41, 5.74) is 13.5. The molecule has 0 N–H and O–H groups in total. The van der Waals surface area contributed by atoms with Crippen molar-refractivity contribution in [3.8, 4) is 50.2 Å². The molecule has 57 heavy (non-hydrogen) atoms. The number of fused-ring (bicyclic) bond motifs is 10. The molecule has 0 fully saturated rings. The summed E-state index contributed by atoms with van der Waals surface area (Å²) in [7, 11) is 0. The Morgan fingerprint density at radius 3 is 1.42 bits per heavy atom. The van der Waals surface area contributed by atoms with E-state index in [4.69, 9.17) is 0 Å². The summed E-state index contributed by atoms with van der Waals surface area (Å²) in [6.45, 7) is 0. The zero-order valence-corrected chi connectivity index (χ0v) is 32.4. The van der Waals surface area contributed by atoms with Gasteiger partial charge in [0.15, 0.2) is 0 Å². The average molecular weight is 760 g/mol. The van der Waals surface area contributed by atoms with Crippen LogP contribution >= 0.6 is 22.7 Å². The predicted molar refractivity (Wildman–Crippen MR) is 248 cm³/mol. The van der Waals surface area contributed by atoms with Gasteiger partial charge in [-0.05, 0) is 80.9 Å².